The van der Waals surface area contributed by atoms with Gasteiger partial charge in [-0.25, -0.2) is 0 Å². The minimum absolute atomic E-state index is 0.0944. The summed E-state index contributed by atoms with van der Waals surface area (Å²) in [5.41, 5.74) is 0. The molecule has 1 heterocycles. The van der Waals surface area contributed by atoms with Gasteiger partial charge in [0.05, 0.1) is 6.26 Å². The van der Waals surface area contributed by atoms with Gasteiger partial charge in [-0.1, -0.05) is 6.92 Å². The van der Waals surface area contributed by atoms with E-state index >= 15 is 0 Å². The molecule has 0 aromatic carbocycles. The zero-order chi connectivity index (χ0) is 12.0. The third kappa shape index (κ3) is 3.42. The Balaban J connectivity index is 2.59. The van der Waals surface area contributed by atoms with Gasteiger partial charge < -0.3 is 14.8 Å². The van der Waals surface area contributed by atoms with Crippen LogP contribution < -0.4 is 5.32 Å². The fourth-order valence-corrected chi connectivity index (χ4v) is 1.32. The quantitative estimate of drug-likeness (QED) is 0.766. The number of amides is 1. The topological polar surface area (TPSA) is 79.5 Å². The van der Waals surface area contributed by atoms with E-state index in [1.165, 1.54) is 6.26 Å². The monoisotopic (exact) mass is 225 g/mol. The van der Waals surface area contributed by atoms with E-state index < -0.39 is 11.9 Å². The SMILES string of the molecule is CCCNC(=O)CC(C(=O)O)c1ccco1. The van der Waals surface area contributed by atoms with Gasteiger partial charge in [-0.05, 0) is 18.6 Å². The Bertz CT molecular complexity index is 345. The molecule has 1 atom stereocenters. The van der Waals surface area contributed by atoms with Crippen molar-refractivity contribution >= 4 is 11.9 Å². The van der Waals surface area contributed by atoms with Crippen molar-refractivity contribution in [2.24, 2.45) is 0 Å². The number of carbonyl (C=O) groups excluding carboxylic acids is 1. The summed E-state index contributed by atoms with van der Waals surface area (Å²) in [5, 5.41) is 11.6. The van der Waals surface area contributed by atoms with E-state index in [1.807, 2.05) is 6.92 Å². The van der Waals surface area contributed by atoms with Crippen LogP contribution in [0.25, 0.3) is 0 Å². The Kier molecular flexibility index (Phi) is 4.57. The Morgan fingerprint density at radius 1 is 1.56 bits per heavy atom. The van der Waals surface area contributed by atoms with Crippen molar-refractivity contribution in [3.05, 3.63) is 24.2 Å². The molecule has 1 unspecified atom stereocenters. The van der Waals surface area contributed by atoms with Crippen molar-refractivity contribution in [1.29, 1.82) is 0 Å². The van der Waals surface area contributed by atoms with Gasteiger partial charge in [-0.3, -0.25) is 9.59 Å². The minimum atomic E-state index is -1.05. The Morgan fingerprint density at radius 3 is 2.81 bits per heavy atom. The van der Waals surface area contributed by atoms with Crippen molar-refractivity contribution in [1.82, 2.24) is 5.32 Å². The minimum Gasteiger partial charge on any atom is -0.481 e. The van der Waals surface area contributed by atoms with Gasteiger partial charge in [0.1, 0.15) is 11.7 Å². The average molecular weight is 225 g/mol. The normalized spacial score (nSPS) is 12.1. The van der Waals surface area contributed by atoms with Gasteiger partial charge in [-0.2, -0.15) is 0 Å². The molecule has 1 aromatic rings. The van der Waals surface area contributed by atoms with Crippen LogP contribution >= 0.6 is 0 Å². The molecule has 1 rings (SSSR count). The number of rotatable bonds is 6. The summed E-state index contributed by atoms with van der Waals surface area (Å²) in [6.45, 7) is 2.49. The molecule has 0 radical (unpaired) electrons. The summed E-state index contributed by atoms with van der Waals surface area (Å²) in [5.74, 6) is -1.93. The number of carbonyl (C=O) groups is 2. The highest BCUT2D eigenvalue weighted by atomic mass is 16.4. The summed E-state index contributed by atoms with van der Waals surface area (Å²) < 4.78 is 5.00. The predicted molar refractivity (Wildman–Crippen MR) is 57.0 cm³/mol. The van der Waals surface area contributed by atoms with E-state index in [-0.39, 0.29) is 12.3 Å². The molecular formula is C11H15NO4. The van der Waals surface area contributed by atoms with Crippen molar-refractivity contribution < 1.29 is 19.1 Å². The summed E-state index contributed by atoms with van der Waals surface area (Å²) in [6.07, 6.45) is 2.13. The molecule has 5 heteroatoms. The first-order valence-electron chi connectivity index (χ1n) is 5.18. The number of hydrogen-bond acceptors (Lipinski definition) is 3. The van der Waals surface area contributed by atoms with Gasteiger partial charge in [0, 0.05) is 13.0 Å². The summed E-state index contributed by atoms with van der Waals surface area (Å²) in [7, 11) is 0. The Hall–Kier alpha value is -1.78. The van der Waals surface area contributed by atoms with Crippen molar-refractivity contribution in [3.8, 4) is 0 Å². The molecule has 0 aliphatic rings. The fourth-order valence-electron chi connectivity index (χ4n) is 1.32. The summed E-state index contributed by atoms with van der Waals surface area (Å²) in [6, 6.07) is 3.17. The van der Waals surface area contributed by atoms with Crippen LogP contribution in [0.5, 0.6) is 0 Å². The van der Waals surface area contributed by atoms with Crippen LogP contribution in [0.4, 0.5) is 0 Å². The van der Waals surface area contributed by atoms with Crippen molar-refractivity contribution in [2.75, 3.05) is 6.54 Å². The second-order valence-electron chi connectivity index (χ2n) is 3.46. The maximum Gasteiger partial charge on any atom is 0.314 e. The van der Waals surface area contributed by atoms with E-state index in [4.69, 9.17) is 9.52 Å². The van der Waals surface area contributed by atoms with Crippen LogP contribution in [0.2, 0.25) is 0 Å². The molecule has 0 saturated carbocycles. The maximum absolute atomic E-state index is 11.4. The average Bonchev–Trinajstić information content (AvgIpc) is 2.75. The van der Waals surface area contributed by atoms with Crippen LogP contribution in [0.1, 0.15) is 31.4 Å². The third-order valence-electron chi connectivity index (χ3n) is 2.15. The molecule has 1 aromatic heterocycles. The van der Waals surface area contributed by atoms with Crippen LogP contribution in [0.3, 0.4) is 0 Å². The third-order valence-corrected chi connectivity index (χ3v) is 2.15. The number of aliphatic carboxylic acids is 1. The van der Waals surface area contributed by atoms with Crippen molar-refractivity contribution in [3.63, 3.8) is 0 Å². The highest BCUT2D eigenvalue weighted by Crippen LogP contribution is 2.20. The lowest BCUT2D eigenvalue weighted by Crippen LogP contribution is -2.27. The van der Waals surface area contributed by atoms with E-state index in [1.54, 1.807) is 12.1 Å². The van der Waals surface area contributed by atoms with Gasteiger partial charge in [0.25, 0.3) is 0 Å². The van der Waals surface area contributed by atoms with E-state index in [9.17, 15) is 9.59 Å². The molecule has 1 amide bonds. The lowest BCUT2D eigenvalue weighted by atomic mass is 10.0. The number of carboxylic acids is 1. The zero-order valence-electron chi connectivity index (χ0n) is 9.10. The van der Waals surface area contributed by atoms with Crippen molar-refractivity contribution in [2.45, 2.75) is 25.7 Å². The highest BCUT2D eigenvalue weighted by molar-refractivity contribution is 5.85. The first-order chi connectivity index (χ1) is 7.65. The summed E-state index contributed by atoms with van der Waals surface area (Å²) >= 11 is 0. The molecule has 0 bridgehead atoms. The van der Waals surface area contributed by atoms with Crippen LogP contribution in [-0.4, -0.2) is 23.5 Å². The van der Waals surface area contributed by atoms with Crippen LogP contribution in [-0.2, 0) is 9.59 Å². The van der Waals surface area contributed by atoms with Gasteiger partial charge in [0.2, 0.25) is 5.91 Å². The second-order valence-corrected chi connectivity index (χ2v) is 3.46. The van der Waals surface area contributed by atoms with Crippen LogP contribution in [0.15, 0.2) is 22.8 Å². The lowest BCUT2D eigenvalue weighted by molar-refractivity contribution is -0.141. The molecule has 2 N–H and O–H groups in total. The van der Waals surface area contributed by atoms with E-state index in [2.05, 4.69) is 5.32 Å². The van der Waals surface area contributed by atoms with E-state index in [0.717, 1.165) is 6.42 Å². The van der Waals surface area contributed by atoms with Crippen LogP contribution in [0, 0.1) is 0 Å². The molecule has 88 valence electrons. The standard InChI is InChI=1S/C11H15NO4/c1-2-5-12-10(13)7-8(11(14)15)9-4-3-6-16-9/h3-4,6,8H,2,5,7H2,1H3,(H,12,13)(H,14,15). The number of hydrogen-bond donors (Lipinski definition) is 2. The smallest absolute Gasteiger partial charge is 0.314 e. The highest BCUT2D eigenvalue weighted by Gasteiger charge is 2.25. The molecule has 0 aliphatic heterocycles. The molecule has 0 aliphatic carbocycles. The molecular weight excluding hydrogens is 210 g/mol. The molecule has 5 nitrogen and oxygen atoms in total. The number of furan rings is 1. The predicted octanol–water partition coefficient (Wildman–Crippen LogP) is 1.36. The molecule has 0 saturated heterocycles. The summed E-state index contributed by atoms with van der Waals surface area (Å²) in [4.78, 5) is 22.4. The Labute approximate surface area is 93.4 Å². The molecule has 0 fully saturated rings. The zero-order valence-corrected chi connectivity index (χ0v) is 9.10. The maximum atomic E-state index is 11.4. The second kappa shape index (κ2) is 5.95. The number of carboxylic acid groups (broad SMARTS) is 1. The fraction of sp³-hybridized carbons (Fsp3) is 0.455. The Morgan fingerprint density at radius 2 is 2.31 bits per heavy atom. The lowest BCUT2D eigenvalue weighted by Gasteiger charge is -2.09. The van der Waals surface area contributed by atoms with E-state index in [0.29, 0.717) is 12.3 Å². The number of nitrogens with one attached hydrogen (secondary N) is 1. The molecule has 0 spiro atoms. The van der Waals surface area contributed by atoms with Gasteiger partial charge in [-0.15, -0.1) is 0 Å². The first-order valence-corrected chi connectivity index (χ1v) is 5.18. The largest absolute Gasteiger partial charge is 0.481 e. The van der Waals surface area contributed by atoms with Gasteiger partial charge >= 0.3 is 5.97 Å². The molecule has 16 heavy (non-hydrogen) atoms. The first kappa shape index (κ1) is 12.3. The van der Waals surface area contributed by atoms with Gasteiger partial charge in [0.15, 0.2) is 0 Å².